The van der Waals surface area contributed by atoms with Crippen molar-refractivity contribution < 1.29 is 24.2 Å². The van der Waals surface area contributed by atoms with E-state index in [2.05, 4.69) is 6.08 Å². The number of ether oxygens (including phenoxy) is 1. The molecule has 0 aliphatic carbocycles. The lowest BCUT2D eigenvalue weighted by molar-refractivity contribution is -0.153. The molecule has 1 spiro atoms. The highest BCUT2D eigenvalue weighted by Gasteiger charge is 2.72. The van der Waals surface area contributed by atoms with Crippen molar-refractivity contribution in [3.05, 3.63) is 60.2 Å². The lowest BCUT2D eigenvalue weighted by atomic mass is 9.78. The molecule has 0 saturated carbocycles. The molecule has 1 unspecified atom stereocenters. The van der Waals surface area contributed by atoms with Crippen LogP contribution in [0.2, 0.25) is 0 Å². The monoisotopic (exact) mass is 510 g/mol. The summed E-state index contributed by atoms with van der Waals surface area (Å²) >= 11 is 1.53. The van der Waals surface area contributed by atoms with E-state index in [0.29, 0.717) is 13.2 Å². The van der Waals surface area contributed by atoms with Crippen molar-refractivity contribution in [1.82, 2.24) is 9.80 Å². The molecule has 6 atom stereocenters. The Labute approximate surface area is 216 Å². The van der Waals surface area contributed by atoms with Crippen LogP contribution in [0.5, 0.6) is 0 Å². The summed E-state index contributed by atoms with van der Waals surface area (Å²) in [7, 11) is 0. The molecule has 192 valence electrons. The van der Waals surface area contributed by atoms with Gasteiger partial charge in [0, 0.05) is 17.3 Å². The summed E-state index contributed by atoms with van der Waals surface area (Å²) in [4.78, 5) is 45.5. The SMILES string of the molecule is CC(C)(C)N1CC=C[C@]23S[C@@H]4/C=C\CCCOC(=O)[C@@H]4[C@H]2C(=O)N([C@H](CO)c2ccccc2)C3C1=O. The summed E-state index contributed by atoms with van der Waals surface area (Å²) in [5.74, 6) is -2.27. The highest BCUT2D eigenvalue weighted by molar-refractivity contribution is 8.02. The van der Waals surface area contributed by atoms with Gasteiger partial charge in [-0.3, -0.25) is 14.4 Å². The summed E-state index contributed by atoms with van der Waals surface area (Å²) in [6.07, 6.45) is 9.58. The normalized spacial score (nSPS) is 34.1. The zero-order valence-corrected chi connectivity index (χ0v) is 21.8. The molecule has 4 aliphatic rings. The van der Waals surface area contributed by atoms with Gasteiger partial charge in [0.1, 0.15) is 6.04 Å². The number of cyclic esters (lactones) is 1. The number of carbonyl (C=O) groups excluding carboxylic acids is 3. The first-order valence-electron chi connectivity index (χ1n) is 12.7. The third kappa shape index (κ3) is 3.89. The smallest absolute Gasteiger partial charge is 0.311 e. The molecule has 8 heteroatoms. The number of rotatable bonds is 3. The standard InChI is InChI=1S/C28H34N2O5S/c1-27(2,3)29-15-10-14-28-22(21-20(36-28)13-8-5-9-16-35-26(21)34)24(32)30(23(28)25(29)33)19(17-31)18-11-6-4-7-12-18/h4,6-8,10-14,19-23,31H,5,9,15-17H2,1-3H3/b13-8-/t19-,20-,21+,22+,23?,28+/m1/s1. The predicted molar refractivity (Wildman–Crippen MR) is 138 cm³/mol. The molecule has 4 aliphatic heterocycles. The van der Waals surface area contributed by atoms with Gasteiger partial charge in [0.25, 0.3) is 0 Å². The minimum atomic E-state index is -0.936. The number of esters is 1. The number of allylic oxidation sites excluding steroid dienone is 1. The Morgan fingerprint density at radius 3 is 2.58 bits per heavy atom. The molecule has 2 amide bonds. The number of aliphatic hydroxyl groups is 1. The van der Waals surface area contributed by atoms with Gasteiger partial charge in [-0.25, -0.2) is 0 Å². The fourth-order valence-electron chi connectivity index (χ4n) is 6.16. The third-order valence-corrected chi connectivity index (χ3v) is 9.54. The number of thioether (sulfide) groups is 1. The second-order valence-corrected chi connectivity index (χ2v) is 12.4. The number of hydrogen-bond donors (Lipinski definition) is 1. The van der Waals surface area contributed by atoms with Crippen LogP contribution < -0.4 is 0 Å². The topological polar surface area (TPSA) is 87.2 Å². The summed E-state index contributed by atoms with van der Waals surface area (Å²) in [5.41, 5.74) is 0.286. The van der Waals surface area contributed by atoms with Gasteiger partial charge in [-0.05, 0) is 39.2 Å². The van der Waals surface area contributed by atoms with E-state index < -0.39 is 34.2 Å². The van der Waals surface area contributed by atoms with Gasteiger partial charge in [0.15, 0.2) is 0 Å². The van der Waals surface area contributed by atoms with Crippen molar-refractivity contribution in [2.75, 3.05) is 19.8 Å². The highest BCUT2D eigenvalue weighted by Crippen LogP contribution is 2.62. The van der Waals surface area contributed by atoms with Crippen LogP contribution in [-0.2, 0) is 19.1 Å². The average Bonchev–Trinajstić information content (AvgIpc) is 3.24. The Morgan fingerprint density at radius 1 is 1.14 bits per heavy atom. The van der Waals surface area contributed by atoms with Gasteiger partial charge < -0.3 is 19.6 Å². The van der Waals surface area contributed by atoms with Crippen molar-refractivity contribution in [1.29, 1.82) is 0 Å². The van der Waals surface area contributed by atoms with E-state index in [-0.39, 0.29) is 29.6 Å². The van der Waals surface area contributed by atoms with Crippen molar-refractivity contribution in [3.63, 3.8) is 0 Å². The molecule has 7 nitrogen and oxygen atoms in total. The second-order valence-electron chi connectivity index (χ2n) is 11.0. The van der Waals surface area contributed by atoms with Gasteiger partial charge in [-0.1, -0.05) is 54.6 Å². The zero-order valence-electron chi connectivity index (χ0n) is 21.0. The quantitative estimate of drug-likeness (QED) is 0.497. The van der Waals surface area contributed by atoms with Crippen LogP contribution in [0.15, 0.2) is 54.6 Å². The lowest BCUT2D eigenvalue weighted by Crippen LogP contribution is -2.58. The van der Waals surface area contributed by atoms with Crippen molar-refractivity contribution in [2.24, 2.45) is 11.8 Å². The van der Waals surface area contributed by atoms with Crippen LogP contribution in [0.1, 0.15) is 45.2 Å². The minimum Gasteiger partial charge on any atom is -0.465 e. The van der Waals surface area contributed by atoms with E-state index in [9.17, 15) is 19.5 Å². The maximum absolute atomic E-state index is 14.4. The molecule has 1 aromatic rings. The van der Waals surface area contributed by atoms with E-state index in [4.69, 9.17) is 4.74 Å². The highest BCUT2D eigenvalue weighted by atomic mass is 32.2. The number of aliphatic hydroxyl groups excluding tert-OH is 1. The van der Waals surface area contributed by atoms with Crippen molar-refractivity contribution in [2.45, 2.75) is 61.2 Å². The van der Waals surface area contributed by atoms with E-state index in [1.54, 1.807) is 9.80 Å². The molecule has 0 bridgehead atoms. The van der Waals surface area contributed by atoms with Crippen LogP contribution in [0, 0.1) is 11.8 Å². The van der Waals surface area contributed by atoms with Crippen molar-refractivity contribution in [3.8, 4) is 0 Å². The number of amides is 2. The Morgan fingerprint density at radius 2 is 1.89 bits per heavy atom. The predicted octanol–water partition coefficient (Wildman–Crippen LogP) is 3.11. The summed E-state index contributed by atoms with van der Waals surface area (Å²) in [5, 5.41) is 10.3. The van der Waals surface area contributed by atoms with Gasteiger partial charge in [-0.15, -0.1) is 11.8 Å². The average molecular weight is 511 g/mol. The third-order valence-electron chi connectivity index (χ3n) is 7.79. The van der Waals surface area contributed by atoms with Gasteiger partial charge in [-0.2, -0.15) is 0 Å². The minimum absolute atomic E-state index is 0.158. The molecule has 0 aromatic heterocycles. The number of likely N-dealkylation sites (tertiary alicyclic amines) is 1. The Kier molecular flexibility index (Phi) is 6.53. The Hall–Kier alpha value is -2.58. The van der Waals surface area contributed by atoms with Crippen LogP contribution in [0.3, 0.4) is 0 Å². The first-order chi connectivity index (χ1) is 17.2. The Balaban J connectivity index is 1.69. The number of carbonyl (C=O) groups is 3. The summed E-state index contributed by atoms with van der Waals surface area (Å²) in [6.45, 7) is 6.35. The molecule has 2 fully saturated rings. The van der Waals surface area contributed by atoms with Gasteiger partial charge in [0.2, 0.25) is 11.8 Å². The first kappa shape index (κ1) is 25.1. The molecule has 1 aromatic carbocycles. The van der Waals surface area contributed by atoms with Crippen LogP contribution in [-0.4, -0.2) is 74.0 Å². The largest absolute Gasteiger partial charge is 0.465 e. The summed E-state index contributed by atoms with van der Waals surface area (Å²) < 4.78 is 4.68. The Bertz CT molecular complexity index is 1100. The molecule has 5 rings (SSSR count). The maximum atomic E-state index is 14.4. The molecular formula is C28H34N2O5S. The van der Waals surface area contributed by atoms with Crippen LogP contribution >= 0.6 is 11.8 Å². The molecule has 1 N–H and O–H groups in total. The molecule has 36 heavy (non-hydrogen) atoms. The molecule has 0 radical (unpaired) electrons. The van der Waals surface area contributed by atoms with E-state index >= 15 is 0 Å². The lowest BCUT2D eigenvalue weighted by Gasteiger charge is -2.42. The zero-order chi connectivity index (χ0) is 25.7. The number of hydrogen-bond acceptors (Lipinski definition) is 6. The second kappa shape index (κ2) is 9.38. The number of benzene rings is 1. The van der Waals surface area contributed by atoms with Gasteiger partial charge in [0.05, 0.1) is 35.8 Å². The van der Waals surface area contributed by atoms with Gasteiger partial charge >= 0.3 is 5.97 Å². The van der Waals surface area contributed by atoms with Crippen molar-refractivity contribution >= 4 is 29.5 Å². The fraction of sp³-hybridized carbons (Fsp3) is 0.536. The summed E-state index contributed by atoms with van der Waals surface area (Å²) in [6, 6.07) is 7.76. The molecule has 4 heterocycles. The maximum Gasteiger partial charge on any atom is 0.311 e. The van der Waals surface area contributed by atoms with E-state index in [1.807, 2.05) is 69.3 Å². The van der Waals surface area contributed by atoms with Crippen LogP contribution in [0.25, 0.3) is 0 Å². The van der Waals surface area contributed by atoms with Crippen LogP contribution in [0.4, 0.5) is 0 Å². The first-order valence-corrected chi connectivity index (χ1v) is 13.6. The molecule has 2 saturated heterocycles. The number of nitrogens with zero attached hydrogens (tertiary/aromatic N) is 2. The van der Waals surface area contributed by atoms with E-state index in [1.165, 1.54) is 11.8 Å². The fourth-order valence-corrected chi connectivity index (χ4v) is 8.15. The number of fused-ring (bicyclic) bond motifs is 2. The molecular weight excluding hydrogens is 476 g/mol. The van der Waals surface area contributed by atoms with E-state index in [0.717, 1.165) is 18.4 Å².